The number of nitrogens with zero attached hydrogens (tertiary/aromatic N) is 2. The molecule has 0 saturated carbocycles. The first kappa shape index (κ1) is 17.8. The van der Waals surface area contributed by atoms with Crippen LogP contribution in [0.4, 0.5) is 10.5 Å². The summed E-state index contributed by atoms with van der Waals surface area (Å²) in [5.41, 5.74) is 1.82. The molecular formula is C16H26N4O2. The summed E-state index contributed by atoms with van der Waals surface area (Å²) in [7, 11) is 5.16. The fourth-order valence-corrected chi connectivity index (χ4v) is 1.94. The topological polar surface area (TPSA) is 66.0 Å². The maximum absolute atomic E-state index is 11.1. The third kappa shape index (κ3) is 6.03. The van der Waals surface area contributed by atoms with Crippen molar-refractivity contribution in [1.82, 2.24) is 10.2 Å². The summed E-state index contributed by atoms with van der Waals surface area (Å²) in [4.78, 5) is 17.5. The van der Waals surface area contributed by atoms with E-state index in [2.05, 4.69) is 32.2 Å². The average Bonchev–Trinajstić information content (AvgIpc) is 2.54. The number of rotatable bonds is 6. The van der Waals surface area contributed by atoms with Crippen LogP contribution in [-0.4, -0.2) is 44.7 Å². The number of carbonyl (C=O) groups is 1. The van der Waals surface area contributed by atoms with Gasteiger partial charge in [-0.05, 0) is 24.1 Å². The summed E-state index contributed by atoms with van der Waals surface area (Å²) in [6.45, 7) is 3.84. The molecule has 0 unspecified atom stereocenters. The van der Waals surface area contributed by atoms with E-state index in [4.69, 9.17) is 0 Å². The lowest BCUT2D eigenvalue weighted by Crippen LogP contribution is -2.38. The van der Waals surface area contributed by atoms with Crippen molar-refractivity contribution in [2.45, 2.75) is 26.3 Å². The van der Waals surface area contributed by atoms with Crippen LogP contribution in [0, 0.1) is 0 Å². The van der Waals surface area contributed by atoms with Gasteiger partial charge in [-0.2, -0.15) is 0 Å². The lowest BCUT2D eigenvalue weighted by molar-refractivity contribution is 0.187. The molecule has 6 heteroatoms. The number of benzene rings is 1. The highest BCUT2D eigenvalue weighted by atomic mass is 16.5. The van der Waals surface area contributed by atoms with Crippen molar-refractivity contribution in [3.63, 3.8) is 0 Å². The van der Waals surface area contributed by atoms with Crippen molar-refractivity contribution in [1.29, 1.82) is 0 Å². The SMILES string of the molecule is CCCCN(C)C(=NC)NCc1ccc(NC(=O)OC)cc1. The van der Waals surface area contributed by atoms with Gasteiger partial charge in [-0.3, -0.25) is 10.3 Å². The molecule has 0 saturated heterocycles. The molecule has 22 heavy (non-hydrogen) atoms. The van der Waals surface area contributed by atoms with Crippen molar-refractivity contribution in [2.75, 3.05) is 33.1 Å². The van der Waals surface area contributed by atoms with Gasteiger partial charge < -0.3 is 15.0 Å². The zero-order chi connectivity index (χ0) is 16.4. The number of aliphatic imine (C=N–C) groups is 1. The van der Waals surface area contributed by atoms with Gasteiger partial charge in [0.05, 0.1) is 7.11 Å². The Morgan fingerprint density at radius 2 is 2.00 bits per heavy atom. The number of unbranched alkanes of at least 4 members (excludes halogenated alkanes) is 1. The molecule has 0 aliphatic carbocycles. The minimum Gasteiger partial charge on any atom is -0.453 e. The average molecular weight is 306 g/mol. The highest BCUT2D eigenvalue weighted by Gasteiger charge is 2.05. The summed E-state index contributed by atoms with van der Waals surface area (Å²) in [5.74, 6) is 0.880. The van der Waals surface area contributed by atoms with Crippen LogP contribution in [0.3, 0.4) is 0 Å². The minimum atomic E-state index is -0.469. The summed E-state index contributed by atoms with van der Waals surface area (Å²) in [6.07, 6.45) is 1.84. The Morgan fingerprint density at radius 3 is 2.55 bits per heavy atom. The van der Waals surface area contributed by atoms with Crippen LogP contribution in [0.1, 0.15) is 25.3 Å². The van der Waals surface area contributed by atoms with Gasteiger partial charge in [-0.1, -0.05) is 25.5 Å². The molecule has 1 amide bonds. The predicted octanol–water partition coefficient (Wildman–Crippen LogP) is 2.67. The second-order valence-electron chi connectivity index (χ2n) is 4.99. The van der Waals surface area contributed by atoms with E-state index in [0.29, 0.717) is 12.2 Å². The Balaban J connectivity index is 2.51. The van der Waals surface area contributed by atoms with Gasteiger partial charge in [0.2, 0.25) is 0 Å². The van der Waals surface area contributed by atoms with E-state index in [-0.39, 0.29) is 0 Å². The summed E-state index contributed by atoms with van der Waals surface area (Å²) in [6, 6.07) is 7.60. The van der Waals surface area contributed by atoms with Crippen LogP contribution >= 0.6 is 0 Å². The Bertz CT molecular complexity index is 485. The molecule has 6 nitrogen and oxygen atoms in total. The zero-order valence-electron chi connectivity index (χ0n) is 13.8. The van der Waals surface area contributed by atoms with E-state index in [9.17, 15) is 4.79 Å². The molecule has 0 atom stereocenters. The summed E-state index contributed by atoms with van der Waals surface area (Å²) < 4.78 is 4.55. The van der Waals surface area contributed by atoms with E-state index in [1.807, 2.05) is 31.3 Å². The smallest absolute Gasteiger partial charge is 0.411 e. The van der Waals surface area contributed by atoms with Crippen molar-refractivity contribution in [3.8, 4) is 0 Å². The molecule has 0 bridgehead atoms. The Kier molecular flexibility index (Phi) is 7.81. The first-order valence-electron chi connectivity index (χ1n) is 7.46. The van der Waals surface area contributed by atoms with Crippen LogP contribution < -0.4 is 10.6 Å². The maximum atomic E-state index is 11.1. The lowest BCUT2D eigenvalue weighted by Gasteiger charge is -2.21. The molecule has 0 aliphatic heterocycles. The molecule has 0 aliphatic rings. The molecular weight excluding hydrogens is 280 g/mol. The highest BCUT2D eigenvalue weighted by Crippen LogP contribution is 2.09. The number of carbonyl (C=O) groups excluding carboxylic acids is 1. The third-order valence-corrected chi connectivity index (χ3v) is 3.26. The van der Waals surface area contributed by atoms with Gasteiger partial charge in [0.1, 0.15) is 0 Å². The minimum absolute atomic E-state index is 0.469. The molecule has 1 rings (SSSR count). The monoisotopic (exact) mass is 306 g/mol. The van der Waals surface area contributed by atoms with E-state index in [0.717, 1.165) is 30.9 Å². The molecule has 0 heterocycles. The Labute approximate surface area is 132 Å². The zero-order valence-corrected chi connectivity index (χ0v) is 13.8. The van der Waals surface area contributed by atoms with Gasteiger partial charge in [0.15, 0.2) is 5.96 Å². The number of guanidine groups is 1. The van der Waals surface area contributed by atoms with Crippen LogP contribution in [0.5, 0.6) is 0 Å². The van der Waals surface area contributed by atoms with Crippen molar-refractivity contribution in [2.24, 2.45) is 4.99 Å². The van der Waals surface area contributed by atoms with Gasteiger partial charge in [-0.15, -0.1) is 0 Å². The van der Waals surface area contributed by atoms with E-state index < -0.39 is 6.09 Å². The summed E-state index contributed by atoms with van der Waals surface area (Å²) >= 11 is 0. The first-order chi connectivity index (χ1) is 10.6. The molecule has 1 aromatic carbocycles. The van der Waals surface area contributed by atoms with Crippen molar-refractivity contribution < 1.29 is 9.53 Å². The third-order valence-electron chi connectivity index (χ3n) is 3.26. The standard InChI is InChI=1S/C16H26N4O2/c1-5-6-11-20(3)15(17-2)18-12-13-7-9-14(10-8-13)19-16(21)22-4/h7-10H,5-6,11-12H2,1-4H3,(H,17,18)(H,19,21). The number of hydrogen-bond acceptors (Lipinski definition) is 3. The van der Waals surface area contributed by atoms with Crippen molar-refractivity contribution >= 4 is 17.7 Å². The molecule has 1 aromatic rings. The number of methoxy groups -OCH3 is 1. The van der Waals surface area contributed by atoms with E-state index in [1.165, 1.54) is 7.11 Å². The van der Waals surface area contributed by atoms with Gasteiger partial charge in [0.25, 0.3) is 0 Å². The van der Waals surface area contributed by atoms with Crippen molar-refractivity contribution in [3.05, 3.63) is 29.8 Å². The summed E-state index contributed by atoms with van der Waals surface area (Å²) in [5, 5.41) is 5.95. The number of hydrogen-bond donors (Lipinski definition) is 2. The lowest BCUT2D eigenvalue weighted by atomic mass is 10.2. The molecule has 0 spiro atoms. The largest absolute Gasteiger partial charge is 0.453 e. The molecule has 0 aromatic heterocycles. The molecule has 2 N–H and O–H groups in total. The maximum Gasteiger partial charge on any atom is 0.411 e. The Morgan fingerprint density at radius 1 is 1.32 bits per heavy atom. The first-order valence-corrected chi connectivity index (χ1v) is 7.46. The second kappa shape index (κ2) is 9.65. The fourth-order valence-electron chi connectivity index (χ4n) is 1.94. The van der Waals surface area contributed by atoms with E-state index in [1.54, 1.807) is 7.05 Å². The van der Waals surface area contributed by atoms with Gasteiger partial charge >= 0.3 is 6.09 Å². The van der Waals surface area contributed by atoms with Gasteiger partial charge in [-0.25, -0.2) is 4.79 Å². The molecule has 122 valence electrons. The van der Waals surface area contributed by atoms with Crippen LogP contribution in [0.25, 0.3) is 0 Å². The van der Waals surface area contributed by atoms with E-state index >= 15 is 0 Å². The molecule has 0 fully saturated rings. The quantitative estimate of drug-likeness (QED) is 0.626. The fraction of sp³-hybridized carbons (Fsp3) is 0.500. The van der Waals surface area contributed by atoms with Crippen LogP contribution in [0.15, 0.2) is 29.3 Å². The molecule has 0 radical (unpaired) electrons. The number of ether oxygens (including phenoxy) is 1. The predicted molar refractivity (Wildman–Crippen MR) is 90.2 cm³/mol. The van der Waals surface area contributed by atoms with Crippen LogP contribution in [0.2, 0.25) is 0 Å². The Hall–Kier alpha value is -2.24. The van der Waals surface area contributed by atoms with Crippen LogP contribution in [-0.2, 0) is 11.3 Å². The number of nitrogens with one attached hydrogen (secondary N) is 2. The highest BCUT2D eigenvalue weighted by molar-refractivity contribution is 5.84. The van der Waals surface area contributed by atoms with Gasteiger partial charge in [0, 0.05) is 32.9 Å². The number of amides is 1. The number of anilines is 1. The normalized spacial score (nSPS) is 11.0. The second-order valence-corrected chi connectivity index (χ2v) is 4.99.